The second-order valence-corrected chi connectivity index (χ2v) is 6.78. The van der Waals surface area contributed by atoms with Crippen molar-refractivity contribution in [3.8, 4) is 0 Å². The molecule has 6 nitrogen and oxygen atoms in total. The van der Waals surface area contributed by atoms with Gasteiger partial charge >= 0.3 is 5.97 Å². The number of carbonyl (C=O) groups excluding carboxylic acids is 1. The summed E-state index contributed by atoms with van der Waals surface area (Å²) in [7, 11) is 0. The van der Waals surface area contributed by atoms with Crippen molar-refractivity contribution in [3.05, 3.63) is 53.9 Å². The number of carboxylic acids is 1. The lowest BCUT2D eigenvalue weighted by Gasteiger charge is -2.18. The Bertz CT molecular complexity index is 702. The van der Waals surface area contributed by atoms with Crippen LogP contribution in [0.3, 0.4) is 0 Å². The molecule has 1 aromatic heterocycles. The van der Waals surface area contributed by atoms with Crippen LogP contribution in [0.1, 0.15) is 36.7 Å². The Morgan fingerprint density at radius 1 is 1.25 bits per heavy atom. The number of nitrogens with zero attached hydrogens (tertiary/aromatic N) is 2. The van der Waals surface area contributed by atoms with Gasteiger partial charge in [-0.3, -0.25) is 14.3 Å². The zero-order valence-corrected chi connectivity index (χ0v) is 14.2. The van der Waals surface area contributed by atoms with E-state index >= 15 is 0 Å². The number of nitrogens with one attached hydrogen (secondary N) is 1. The normalized spacial score (nSPS) is 12.6. The summed E-state index contributed by atoms with van der Waals surface area (Å²) < 4.78 is 1.71. The van der Waals surface area contributed by atoms with E-state index in [-0.39, 0.29) is 18.0 Å². The molecule has 1 atom stereocenters. The first-order chi connectivity index (χ1) is 11.3. The number of hydrogen-bond acceptors (Lipinski definition) is 3. The molecule has 2 rings (SSSR count). The SMILES string of the molecule is CC(C)(C)n1cc(C(=O)NCC(Cc2ccccc2)C(=O)O)cn1. The third kappa shape index (κ3) is 4.68. The number of aromatic nitrogens is 2. The molecule has 0 spiro atoms. The van der Waals surface area contributed by atoms with Crippen LogP contribution >= 0.6 is 0 Å². The van der Waals surface area contributed by atoms with Gasteiger partial charge < -0.3 is 10.4 Å². The van der Waals surface area contributed by atoms with Gasteiger partial charge in [-0.25, -0.2) is 0 Å². The molecule has 2 N–H and O–H groups in total. The Hall–Kier alpha value is -2.63. The largest absolute Gasteiger partial charge is 0.481 e. The molecule has 0 aliphatic rings. The summed E-state index contributed by atoms with van der Waals surface area (Å²) in [6.45, 7) is 6.04. The van der Waals surface area contributed by atoms with Crippen molar-refractivity contribution in [2.75, 3.05) is 6.54 Å². The molecular weight excluding hydrogens is 306 g/mol. The van der Waals surface area contributed by atoms with E-state index in [0.29, 0.717) is 12.0 Å². The Labute approximate surface area is 141 Å². The van der Waals surface area contributed by atoms with E-state index in [1.165, 1.54) is 6.20 Å². The topological polar surface area (TPSA) is 84.2 Å². The summed E-state index contributed by atoms with van der Waals surface area (Å²) in [5, 5.41) is 16.2. The van der Waals surface area contributed by atoms with E-state index in [1.54, 1.807) is 10.9 Å². The first-order valence-electron chi connectivity index (χ1n) is 7.87. The van der Waals surface area contributed by atoms with Crippen LogP contribution < -0.4 is 5.32 Å². The molecule has 0 aliphatic heterocycles. The molecule has 0 fully saturated rings. The van der Waals surface area contributed by atoms with E-state index in [0.717, 1.165) is 5.56 Å². The van der Waals surface area contributed by atoms with Gasteiger partial charge in [-0.15, -0.1) is 0 Å². The quantitative estimate of drug-likeness (QED) is 0.852. The minimum atomic E-state index is -0.926. The molecule has 1 aromatic carbocycles. The number of hydrogen-bond donors (Lipinski definition) is 2. The van der Waals surface area contributed by atoms with Crippen LogP contribution in [0.2, 0.25) is 0 Å². The van der Waals surface area contributed by atoms with Crippen LogP contribution in [0.15, 0.2) is 42.7 Å². The number of carbonyl (C=O) groups is 2. The van der Waals surface area contributed by atoms with Gasteiger partial charge in [-0.2, -0.15) is 5.10 Å². The summed E-state index contributed by atoms with van der Waals surface area (Å²) in [4.78, 5) is 23.6. The Kier molecular flexibility index (Phi) is 5.39. The van der Waals surface area contributed by atoms with Crippen molar-refractivity contribution in [2.45, 2.75) is 32.7 Å². The zero-order valence-electron chi connectivity index (χ0n) is 14.2. The maximum absolute atomic E-state index is 12.2. The standard InChI is InChI=1S/C18H23N3O3/c1-18(2,3)21-12-15(11-20-21)16(22)19-10-14(17(23)24)9-13-7-5-4-6-8-13/h4-8,11-12,14H,9-10H2,1-3H3,(H,19,22)(H,23,24). The molecule has 0 saturated carbocycles. The lowest BCUT2D eigenvalue weighted by atomic mass is 9.99. The Morgan fingerprint density at radius 2 is 1.92 bits per heavy atom. The molecule has 128 valence electrons. The lowest BCUT2D eigenvalue weighted by molar-refractivity contribution is -0.141. The molecule has 1 heterocycles. The van der Waals surface area contributed by atoms with E-state index in [1.807, 2.05) is 51.1 Å². The maximum atomic E-state index is 12.2. The second kappa shape index (κ2) is 7.29. The smallest absolute Gasteiger partial charge is 0.308 e. The Balaban J connectivity index is 1.97. The summed E-state index contributed by atoms with van der Waals surface area (Å²) in [5.41, 5.74) is 1.14. The van der Waals surface area contributed by atoms with Crippen molar-refractivity contribution < 1.29 is 14.7 Å². The molecule has 6 heteroatoms. The van der Waals surface area contributed by atoms with Gasteiger partial charge in [0.2, 0.25) is 0 Å². The zero-order chi connectivity index (χ0) is 17.7. The van der Waals surface area contributed by atoms with Crippen LogP contribution in [-0.4, -0.2) is 33.3 Å². The molecule has 1 unspecified atom stereocenters. The van der Waals surface area contributed by atoms with Gasteiger partial charge in [0.1, 0.15) is 0 Å². The average Bonchev–Trinajstić information content (AvgIpc) is 3.02. The number of amides is 1. The van der Waals surface area contributed by atoms with Crippen LogP contribution in [-0.2, 0) is 16.8 Å². The predicted molar refractivity (Wildman–Crippen MR) is 90.8 cm³/mol. The highest BCUT2D eigenvalue weighted by molar-refractivity contribution is 5.93. The molecular formula is C18H23N3O3. The summed E-state index contributed by atoms with van der Waals surface area (Å²) in [6, 6.07) is 9.38. The number of carboxylic acid groups (broad SMARTS) is 1. The molecule has 0 saturated heterocycles. The highest BCUT2D eigenvalue weighted by Gasteiger charge is 2.21. The van der Waals surface area contributed by atoms with Crippen molar-refractivity contribution in [1.29, 1.82) is 0 Å². The van der Waals surface area contributed by atoms with Crippen LogP contribution in [0.4, 0.5) is 0 Å². The van der Waals surface area contributed by atoms with Gasteiger partial charge in [0.25, 0.3) is 5.91 Å². The molecule has 24 heavy (non-hydrogen) atoms. The Morgan fingerprint density at radius 3 is 2.46 bits per heavy atom. The highest BCUT2D eigenvalue weighted by Crippen LogP contribution is 2.13. The molecule has 1 amide bonds. The third-order valence-electron chi connectivity index (χ3n) is 3.72. The second-order valence-electron chi connectivity index (χ2n) is 6.78. The maximum Gasteiger partial charge on any atom is 0.308 e. The number of rotatable bonds is 6. The van der Waals surface area contributed by atoms with Gasteiger partial charge in [0.15, 0.2) is 0 Å². The van der Waals surface area contributed by atoms with Crippen LogP contribution in [0, 0.1) is 5.92 Å². The fraction of sp³-hybridized carbons (Fsp3) is 0.389. The van der Waals surface area contributed by atoms with Gasteiger partial charge in [-0.05, 0) is 32.8 Å². The van der Waals surface area contributed by atoms with Crippen molar-refractivity contribution >= 4 is 11.9 Å². The van der Waals surface area contributed by atoms with E-state index < -0.39 is 11.9 Å². The average molecular weight is 329 g/mol. The van der Waals surface area contributed by atoms with Crippen molar-refractivity contribution in [2.24, 2.45) is 5.92 Å². The molecule has 2 aromatic rings. The van der Waals surface area contributed by atoms with E-state index in [9.17, 15) is 14.7 Å². The van der Waals surface area contributed by atoms with Gasteiger partial charge in [0, 0.05) is 12.7 Å². The minimum Gasteiger partial charge on any atom is -0.481 e. The van der Waals surface area contributed by atoms with Crippen LogP contribution in [0.25, 0.3) is 0 Å². The third-order valence-corrected chi connectivity index (χ3v) is 3.72. The van der Waals surface area contributed by atoms with Crippen molar-refractivity contribution in [1.82, 2.24) is 15.1 Å². The predicted octanol–water partition coefficient (Wildman–Crippen LogP) is 2.31. The molecule has 0 radical (unpaired) electrons. The first kappa shape index (κ1) is 17.7. The van der Waals surface area contributed by atoms with E-state index in [4.69, 9.17) is 0 Å². The van der Waals surface area contributed by atoms with Gasteiger partial charge in [-0.1, -0.05) is 30.3 Å². The van der Waals surface area contributed by atoms with Crippen molar-refractivity contribution in [3.63, 3.8) is 0 Å². The highest BCUT2D eigenvalue weighted by atomic mass is 16.4. The fourth-order valence-corrected chi connectivity index (χ4v) is 2.27. The molecule has 0 bridgehead atoms. The number of aliphatic carboxylic acids is 1. The molecule has 0 aliphatic carbocycles. The fourth-order valence-electron chi connectivity index (χ4n) is 2.27. The van der Waals surface area contributed by atoms with Gasteiger partial charge in [0.05, 0.1) is 23.2 Å². The minimum absolute atomic E-state index is 0.0732. The van der Waals surface area contributed by atoms with Crippen LogP contribution in [0.5, 0.6) is 0 Å². The summed E-state index contributed by atoms with van der Waals surface area (Å²) in [5.74, 6) is -1.91. The summed E-state index contributed by atoms with van der Waals surface area (Å²) >= 11 is 0. The summed E-state index contributed by atoms with van der Waals surface area (Å²) in [6.07, 6.45) is 3.54. The lowest BCUT2D eigenvalue weighted by Crippen LogP contribution is -2.34. The first-order valence-corrected chi connectivity index (χ1v) is 7.87. The number of benzene rings is 1. The van der Waals surface area contributed by atoms with E-state index in [2.05, 4.69) is 10.4 Å². The monoisotopic (exact) mass is 329 g/mol.